The Bertz CT molecular complexity index is 406. The molecule has 1 aliphatic rings. The van der Waals surface area contributed by atoms with Crippen molar-refractivity contribution in [1.82, 2.24) is 5.32 Å². The van der Waals surface area contributed by atoms with Gasteiger partial charge in [-0.3, -0.25) is 4.79 Å². The van der Waals surface area contributed by atoms with Crippen LogP contribution in [0.2, 0.25) is 0 Å². The van der Waals surface area contributed by atoms with Gasteiger partial charge in [-0.05, 0) is 31.4 Å². The van der Waals surface area contributed by atoms with Crippen molar-refractivity contribution in [1.29, 1.82) is 0 Å². The summed E-state index contributed by atoms with van der Waals surface area (Å²) in [6.07, 6.45) is 4.88. The molecule has 1 atom stereocenters. The SMILES string of the molecule is C=CC(=O)NC(C)C1(c2ccccc2)CCC1. The van der Waals surface area contributed by atoms with Crippen molar-refractivity contribution in [2.24, 2.45) is 0 Å². The molecule has 2 rings (SSSR count). The lowest BCUT2D eigenvalue weighted by Gasteiger charge is -2.47. The highest BCUT2D eigenvalue weighted by Gasteiger charge is 2.43. The molecule has 2 heteroatoms. The molecule has 0 saturated heterocycles. The molecule has 1 aromatic carbocycles. The standard InChI is InChI=1S/C15H19NO/c1-3-14(17)16-12(2)15(10-7-11-15)13-8-5-4-6-9-13/h3-6,8-9,12H,1,7,10-11H2,2H3,(H,16,17). The average Bonchev–Trinajstić information content (AvgIpc) is 2.28. The van der Waals surface area contributed by atoms with Gasteiger partial charge in [0.05, 0.1) is 0 Å². The summed E-state index contributed by atoms with van der Waals surface area (Å²) in [7, 11) is 0. The topological polar surface area (TPSA) is 29.1 Å². The number of nitrogens with one attached hydrogen (secondary N) is 1. The third-order valence-electron chi connectivity index (χ3n) is 3.97. The van der Waals surface area contributed by atoms with E-state index in [0.29, 0.717) is 0 Å². The quantitative estimate of drug-likeness (QED) is 0.790. The Morgan fingerprint density at radius 2 is 2.06 bits per heavy atom. The normalized spacial score (nSPS) is 18.9. The maximum absolute atomic E-state index is 11.4. The Morgan fingerprint density at radius 3 is 2.53 bits per heavy atom. The van der Waals surface area contributed by atoms with Crippen LogP contribution in [0.3, 0.4) is 0 Å². The van der Waals surface area contributed by atoms with E-state index in [2.05, 4.69) is 43.1 Å². The molecule has 0 aliphatic heterocycles. The molecule has 1 amide bonds. The van der Waals surface area contributed by atoms with Crippen LogP contribution in [0.1, 0.15) is 31.7 Å². The molecule has 1 aromatic rings. The van der Waals surface area contributed by atoms with Gasteiger partial charge in [-0.1, -0.05) is 43.3 Å². The maximum atomic E-state index is 11.4. The first-order valence-corrected chi connectivity index (χ1v) is 6.17. The van der Waals surface area contributed by atoms with Crippen LogP contribution in [0.5, 0.6) is 0 Å². The van der Waals surface area contributed by atoms with E-state index in [0.717, 1.165) is 12.8 Å². The molecule has 1 saturated carbocycles. The summed E-state index contributed by atoms with van der Waals surface area (Å²) in [5.74, 6) is -0.0836. The van der Waals surface area contributed by atoms with Crippen LogP contribution >= 0.6 is 0 Å². The number of carbonyl (C=O) groups is 1. The van der Waals surface area contributed by atoms with Gasteiger partial charge in [0.25, 0.3) is 0 Å². The first-order chi connectivity index (χ1) is 8.19. The van der Waals surface area contributed by atoms with Crippen molar-refractivity contribution in [3.63, 3.8) is 0 Å². The molecule has 1 N–H and O–H groups in total. The lowest BCUT2D eigenvalue weighted by Crippen LogP contribution is -2.52. The fraction of sp³-hybridized carbons (Fsp3) is 0.400. The van der Waals surface area contributed by atoms with Crippen molar-refractivity contribution in [2.75, 3.05) is 0 Å². The highest BCUT2D eigenvalue weighted by atomic mass is 16.1. The van der Waals surface area contributed by atoms with Gasteiger partial charge >= 0.3 is 0 Å². The molecule has 0 spiro atoms. The molecule has 17 heavy (non-hydrogen) atoms. The number of amides is 1. The summed E-state index contributed by atoms with van der Waals surface area (Å²) in [6, 6.07) is 10.6. The summed E-state index contributed by atoms with van der Waals surface area (Å²) in [5.41, 5.74) is 1.46. The van der Waals surface area contributed by atoms with Crippen molar-refractivity contribution in [3.05, 3.63) is 48.6 Å². The average molecular weight is 229 g/mol. The van der Waals surface area contributed by atoms with E-state index in [1.165, 1.54) is 18.1 Å². The zero-order valence-electron chi connectivity index (χ0n) is 10.3. The first-order valence-electron chi connectivity index (χ1n) is 6.17. The molecule has 2 nitrogen and oxygen atoms in total. The van der Waals surface area contributed by atoms with Crippen molar-refractivity contribution < 1.29 is 4.79 Å². The van der Waals surface area contributed by atoms with Gasteiger partial charge in [-0.15, -0.1) is 0 Å². The van der Waals surface area contributed by atoms with E-state index in [4.69, 9.17) is 0 Å². The van der Waals surface area contributed by atoms with Gasteiger partial charge < -0.3 is 5.32 Å². The largest absolute Gasteiger partial charge is 0.349 e. The fourth-order valence-corrected chi connectivity index (χ4v) is 2.71. The molecule has 0 aromatic heterocycles. The highest BCUT2D eigenvalue weighted by molar-refractivity contribution is 5.87. The van der Waals surface area contributed by atoms with Crippen molar-refractivity contribution >= 4 is 5.91 Å². The number of hydrogen-bond acceptors (Lipinski definition) is 1. The summed E-state index contributed by atoms with van der Waals surface area (Å²) in [4.78, 5) is 11.4. The number of hydrogen-bond donors (Lipinski definition) is 1. The van der Waals surface area contributed by atoms with E-state index in [1.54, 1.807) is 0 Å². The summed E-state index contributed by atoms with van der Waals surface area (Å²) < 4.78 is 0. The summed E-state index contributed by atoms with van der Waals surface area (Å²) in [5, 5.41) is 3.01. The second kappa shape index (κ2) is 4.74. The Hall–Kier alpha value is -1.57. The number of rotatable bonds is 4. The van der Waals surface area contributed by atoms with E-state index in [9.17, 15) is 4.79 Å². The van der Waals surface area contributed by atoms with Gasteiger partial charge in [-0.2, -0.15) is 0 Å². The summed E-state index contributed by atoms with van der Waals surface area (Å²) in [6.45, 7) is 5.59. The van der Waals surface area contributed by atoms with Crippen LogP contribution in [0.25, 0.3) is 0 Å². The van der Waals surface area contributed by atoms with Crippen molar-refractivity contribution in [2.45, 2.75) is 37.6 Å². The minimum atomic E-state index is -0.0836. The number of carbonyl (C=O) groups excluding carboxylic acids is 1. The van der Waals surface area contributed by atoms with Gasteiger partial charge in [-0.25, -0.2) is 0 Å². The minimum absolute atomic E-state index is 0.0836. The Kier molecular flexibility index (Phi) is 3.32. The van der Waals surface area contributed by atoms with E-state index < -0.39 is 0 Å². The summed E-state index contributed by atoms with van der Waals surface area (Å²) >= 11 is 0. The number of benzene rings is 1. The molecular formula is C15H19NO. The van der Waals surface area contributed by atoms with E-state index >= 15 is 0 Å². The molecule has 0 bridgehead atoms. The smallest absolute Gasteiger partial charge is 0.243 e. The van der Waals surface area contributed by atoms with Gasteiger partial charge in [0.2, 0.25) is 5.91 Å². The molecule has 0 radical (unpaired) electrons. The maximum Gasteiger partial charge on any atom is 0.243 e. The first kappa shape index (κ1) is 11.9. The fourth-order valence-electron chi connectivity index (χ4n) is 2.71. The van der Waals surface area contributed by atoms with Crippen LogP contribution in [0.15, 0.2) is 43.0 Å². The van der Waals surface area contributed by atoms with Gasteiger partial charge in [0.1, 0.15) is 0 Å². The third-order valence-corrected chi connectivity index (χ3v) is 3.97. The lowest BCUT2D eigenvalue weighted by atomic mass is 9.60. The molecule has 1 fully saturated rings. The Labute approximate surface area is 103 Å². The predicted molar refractivity (Wildman–Crippen MR) is 69.8 cm³/mol. The monoisotopic (exact) mass is 229 g/mol. The second-order valence-corrected chi connectivity index (χ2v) is 4.81. The molecule has 1 unspecified atom stereocenters. The van der Waals surface area contributed by atoms with Crippen LogP contribution in [0, 0.1) is 0 Å². The molecule has 90 valence electrons. The van der Waals surface area contributed by atoms with Crippen LogP contribution < -0.4 is 5.32 Å². The van der Waals surface area contributed by atoms with Crippen LogP contribution in [-0.4, -0.2) is 11.9 Å². The molecule has 0 heterocycles. The lowest BCUT2D eigenvalue weighted by molar-refractivity contribution is -0.117. The third kappa shape index (κ3) is 2.12. The zero-order chi connectivity index (χ0) is 12.3. The van der Waals surface area contributed by atoms with Gasteiger partial charge in [0, 0.05) is 11.5 Å². The van der Waals surface area contributed by atoms with Crippen LogP contribution in [-0.2, 0) is 10.2 Å². The van der Waals surface area contributed by atoms with E-state index in [-0.39, 0.29) is 17.4 Å². The highest BCUT2D eigenvalue weighted by Crippen LogP contribution is 2.46. The van der Waals surface area contributed by atoms with E-state index in [1.807, 2.05) is 6.07 Å². The Balaban J connectivity index is 2.20. The minimum Gasteiger partial charge on any atom is -0.349 e. The van der Waals surface area contributed by atoms with Gasteiger partial charge in [0.15, 0.2) is 0 Å². The van der Waals surface area contributed by atoms with Crippen molar-refractivity contribution in [3.8, 4) is 0 Å². The molecule has 1 aliphatic carbocycles. The predicted octanol–water partition coefficient (Wildman–Crippen LogP) is 2.80. The van der Waals surface area contributed by atoms with Crippen LogP contribution in [0.4, 0.5) is 0 Å². The second-order valence-electron chi connectivity index (χ2n) is 4.81. The zero-order valence-corrected chi connectivity index (χ0v) is 10.3. The molecular weight excluding hydrogens is 210 g/mol. The Morgan fingerprint density at radius 1 is 1.41 bits per heavy atom.